The summed E-state index contributed by atoms with van der Waals surface area (Å²) in [6.07, 6.45) is 14.1. The van der Waals surface area contributed by atoms with Gasteiger partial charge in [-0.25, -0.2) is 0 Å². The van der Waals surface area contributed by atoms with Crippen LogP contribution in [0.2, 0.25) is 0 Å². The highest BCUT2D eigenvalue weighted by atomic mass is 127. The lowest BCUT2D eigenvalue weighted by Crippen LogP contribution is -2.10. The molecule has 2 atom stereocenters. The molecule has 2 unspecified atom stereocenters. The first kappa shape index (κ1) is 11.6. The van der Waals surface area contributed by atoms with E-state index in [1.807, 2.05) is 0 Å². The maximum absolute atomic E-state index is 2.84. The molecule has 0 radical (unpaired) electrons. The molecule has 82 valence electrons. The van der Waals surface area contributed by atoms with Crippen molar-refractivity contribution in [3.63, 3.8) is 0 Å². The molecule has 0 amide bonds. The van der Waals surface area contributed by atoms with Crippen molar-refractivity contribution in [1.29, 1.82) is 0 Å². The van der Waals surface area contributed by atoms with Crippen LogP contribution >= 0.6 is 29.9 Å². The molecule has 2 aliphatic rings. The Kier molecular flexibility index (Phi) is 4.15. The molecule has 2 aliphatic heterocycles. The van der Waals surface area contributed by atoms with E-state index in [1.54, 1.807) is 37.7 Å². The van der Waals surface area contributed by atoms with Gasteiger partial charge < -0.3 is 0 Å². The smallest absolute Gasteiger partial charge is 0.0654 e. The molecule has 2 heteroatoms. The molecular formula is C12H23IP+. The molecule has 1 spiro atoms. The van der Waals surface area contributed by atoms with Gasteiger partial charge in [0.05, 0.1) is 18.5 Å². The van der Waals surface area contributed by atoms with Gasteiger partial charge in [-0.3, -0.25) is 0 Å². The van der Waals surface area contributed by atoms with Crippen molar-refractivity contribution < 1.29 is 0 Å². The molecular weight excluding hydrogens is 302 g/mol. The summed E-state index contributed by atoms with van der Waals surface area (Å²) in [5.74, 6) is 1.11. The molecule has 2 fully saturated rings. The fourth-order valence-electron chi connectivity index (χ4n) is 3.31. The van der Waals surface area contributed by atoms with Gasteiger partial charge in [0.1, 0.15) is 3.67 Å². The maximum atomic E-state index is 2.84. The fraction of sp³-hybridized carbons (Fsp3) is 1.00. The second-order valence-corrected chi connectivity index (χ2v) is 11.8. The van der Waals surface area contributed by atoms with Crippen LogP contribution in [0.1, 0.15) is 45.4 Å². The summed E-state index contributed by atoms with van der Waals surface area (Å²) in [6.45, 7) is 2.33. The summed E-state index contributed by atoms with van der Waals surface area (Å²) in [5.41, 5.74) is 0. The van der Waals surface area contributed by atoms with Crippen LogP contribution in [0, 0.1) is 5.92 Å². The Morgan fingerprint density at radius 1 is 1.21 bits per heavy atom. The topological polar surface area (TPSA) is 0 Å². The van der Waals surface area contributed by atoms with Gasteiger partial charge in [-0.05, 0) is 48.3 Å². The van der Waals surface area contributed by atoms with Crippen LogP contribution in [-0.4, -0.2) is 22.2 Å². The Labute approximate surface area is 103 Å². The minimum atomic E-state index is -0.398. The Morgan fingerprint density at radius 3 is 2.57 bits per heavy atom. The lowest BCUT2D eigenvalue weighted by molar-refractivity contribution is 0.509. The zero-order chi connectivity index (χ0) is 10.0. The Morgan fingerprint density at radius 2 is 1.93 bits per heavy atom. The SMILES string of the molecule is CCCCC1CC[P+]2(CCCC2)C1I. The first-order valence-electron chi connectivity index (χ1n) is 6.28. The molecule has 0 saturated carbocycles. The van der Waals surface area contributed by atoms with Crippen LogP contribution in [0.25, 0.3) is 0 Å². The number of hydrogen-bond donors (Lipinski definition) is 0. The Balaban J connectivity index is 1.92. The number of unbranched alkanes of at least 4 members (excludes halogenated alkanes) is 1. The predicted molar refractivity (Wildman–Crippen MR) is 76.2 cm³/mol. The number of hydrogen-bond acceptors (Lipinski definition) is 0. The van der Waals surface area contributed by atoms with Crippen LogP contribution in [-0.2, 0) is 0 Å². The highest BCUT2D eigenvalue weighted by molar-refractivity contribution is 14.1. The van der Waals surface area contributed by atoms with E-state index < -0.39 is 7.26 Å². The second kappa shape index (κ2) is 4.99. The highest BCUT2D eigenvalue weighted by Gasteiger charge is 2.54. The third-order valence-electron chi connectivity index (χ3n) is 4.24. The van der Waals surface area contributed by atoms with Crippen molar-refractivity contribution >= 4 is 29.9 Å². The van der Waals surface area contributed by atoms with E-state index in [0.717, 1.165) is 9.58 Å². The number of rotatable bonds is 3. The van der Waals surface area contributed by atoms with Gasteiger partial charge in [-0.1, -0.05) is 19.8 Å². The standard InChI is InChI=1S/C12H23IP/c1-2-3-6-11-7-10-14(12(11)13)8-4-5-9-14/h11-12H,2-10H2,1H3/q+1. The van der Waals surface area contributed by atoms with Gasteiger partial charge in [0.15, 0.2) is 0 Å². The molecule has 0 aromatic carbocycles. The van der Waals surface area contributed by atoms with Crippen LogP contribution < -0.4 is 0 Å². The van der Waals surface area contributed by atoms with Crippen molar-refractivity contribution in [2.45, 2.75) is 49.1 Å². The van der Waals surface area contributed by atoms with Crippen molar-refractivity contribution in [2.75, 3.05) is 18.5 Å². The van der Waals surface area contributed by atoms with Crippen LogP contribution in [0.5, 0.6) is 0 Å². The zero-order valence-corrected chi connectivity index (χ0v) is 12.4. The van der Waals surface area contributed by atoms with E-state index in [2.05, 4.69) is 29.5 Å². The molecule has 2 rings (SSSR count). The number of alkyl halides is 1. The predicted octanol–water partition coefficient (Wildman–Crippen LogP) is 4.77. The van der Waals surface area contributed by atoms with Crippen molar-refractivity contribution in [3.8, 4) is 0 Å². The van der Waals surface area contributed by atoms with Gasteiger partial charge in [0.2, 0.25) is 0 Å². The highest BCUT2D eigenvalue weighted by Crippen LogP contribution is 2.75. The Hall–Kier alpha value is 1.16. The molecule has 14 heavy (non-hydrogen) atoms. The monoisotopic (exact) mass is 325 g/mol. The molecule has 0 aromatic heterocycles. The lowest BCUT2D eigenvalue weighted by Gasteiger charge is -2.22. The molecule has 0 N–H and O–H groups in total. The van der Waals surface area contributed by atoms with Crippen molar-refractivity contribution in [2.24, 2.45) is 5.92 Å². The fourth-order valence-corrected chi connectivity index (χ4v) is 11.7. The molecule has 0 aromatic rings. The second-order valence-electron chi connectivity index (χ2n) is 5.16. The lowest BCUT2D eigenvalue weighted by atomic mass is 10.0. The quantitative estimate of drug-likeness (QED) is 0.398. The van der Waals surface area contributed by atoms with Crippen LogP contribution in [0.3, 0.4) is 0 Å². The van der Waals surface area contributed by atoms with E-state index in [4.69, 9.17) is 0 Å². The molecule has 2 heterocycles. The molecule has 0 nitrogen and oxygen atoms in total. The maximum Gasteiger partial charge on any atom is 0.122 e. The van der Waals surface area contributed by atoms with Crippen molar-refractivity contribution in [3.05, 3.63) is 0 Å². The minimum absolute atomic E-state index is 0.398. The molecule has 2 saturated heterocycles. The van der Waals surface area contributed by atoms with E-state index in [0.29, 0.717) is 0 Å². The van der Waals surface area contributed by atoms with E-state index in [-0.39, 0.29) is 0 Å². The summed E-state index contributed by atoms with van der Waals surface area (Å²) in [4.78, 5) is 0. The largest absolute Gasteiger partial charge is 0.122 e. The summed E-state index contributed by atoms with van der Waals surface area (Å²) < 4.78 is 1.12. The van der Waals surface area contributed by atoms with Crippen molar-refractivity contribution in [1.82, 2.24) is 0 Å². The van der Waals surface area contributed by atoms with E-state index in [9.17, 15) is 0 Å². The number of halogens is 1. The first-order chi connectivity index (χ1) is 6.78. The van der Waals surface area contributed by atoms with E-state index in [1.165, 1.54) is 19.3 Å². The van der Waals surface area contributed by atoms with Crippen LogP contribution in [0.4, 0.5) is 0 Å². The Bertz CT molecular complexity index is 187. The van der Waals surface area contributed by atoms with Gasteiger partial charge in [-0.15, -0.1) is 0 Å². The third kappa shape index (κ3) is 2.14. The van der Waals surface area contributed by atoms with E-state index >= 15 is 0 Å². The summed E-state index contributed by atoms with van der Waals surface area (Å²) in [7, 11) is -0.398. The summed E-state index contributed by atoms with van der Waals surface area (Å²) in [5, 5.41) is 0. The minimum Gasteiger partial charge on any atom is -0.0654 e. The molecule has 0 aliphatic carbocycles. The van der Waals surface area contributed by atoms with Crippen LogP contribution in [0.15, 0.2) is 0 Å². The first-order valence-corrected chi connectivity index (χ1v) is 9.94. The van der Waals surface area contributed by atoms with Gasteiger partial charge >= 0.3 is 0 Å². The molecule has 0 bridgehead atoms. The van der Waals surface area contributed by atoms with Gasteiger partial charge in [0, 0.05) is 13.2 Å². The van der Waals surface area contributed by atoms with Gasteiger partial charge in [0.25, 0.3) is 0 Å². The zero-order valence-electron chi connectivity index (χ0n) is 9.34. The summed E-state index contributed by atoms with van der Waals surface area (Å²) in [6, 6.07) is 0. The normalized spacial score (nSPS) is 35.6. The average molecular weight is 325 g/mol. The third-order valence-corrected chi connectivity index (χ3v) is 13.8. The average Bonchev–Trinajstić information content (AvgIpc) is 2.77. The summed E-state index contributed by atoms with van der Waals surface area (Å²) >= 11 is 2.84. The van der Waals surface area contributed by atoms with Gasteiger partial charge in [-0.2, -0.15) is 0 Å².